The standard InChI is InChI=1S/C15H9F3N4O/c16-15(17,18)14-20-8-6-13(22-14)23-11-3-1-10(2-4-11)12-5-7-19-9-21-12/h1-9H. The van der Waals surface area contributed by atoms with E-state index in [1.165, 1.54) is 12.4 Å². The summed E-state index contributed by atoms with van der Waals surface area (Å²) in [6.07, 6.45) is -0.567. The minimum absolute atomic E-state index is 0.179. The summed E-state index contributed by atoms with van der Waals surface area (Å²) in [4.78, 5) is 14.5. The Morgan fingerprint density at radius 3 is 2.30 bits per heavy atom. The predicted octanol–water partition coefficient (Wildman–Crippen LogP) is 3.74. The van der Waals surface area contributed by atoms with Crippen LogP contribution in [0.4, 0.5) is 13.2 Å². The Morgan fingerprint density at radius 1 is 0.870 bits per heavy atom. The molecule has 5 nitrogen and oxygen atoms in total. The maximum absolute atomic E-state index is 12.6. The lowest BCUT2D eigenvalue weighted by Crippen LogP contribution is -2.10. The van der Waals surface area contributed by atoms with Crippen LogP contribution in [0.2, 0.25) is 0 Å². The third-order valence-corrected chi connectivity index (χ3v) is 2.84. The molecule has 0 bridgehead atoms. The van der Waals surface area contributed by atoms with E-state index < -0.39 is 12.0 Å². The van der Waals surface area contributed by atoms with Crippen molar-refractivity contribution in [1.29, 1.82) is 0 Å². The van der Waals surface area contributed by atoms with Gasteiger partial charge in [0, 0.05) is 24.0 Å². The highest BCUT2D eigenvalue weighted by Gasteiger charge is 2.34. The molecule has 23 heavy (non-hydrogen) atoms. The molecule has 0 aliphatic heterocycles. The van der Waals surface area contributed by atoms with E-state index in [0.717, 1.165) is 17.5 Å². The summed E-state index contributed by atoms with van der Waals surface area (Å²) in [6, 6.07) is 9.72. The summed E-state index contributed by atoms with van der Waals surface area (Å²) in [5, 5.41) is 0. The number of hydrogen-bond donors (Lipinski definition) is 0. The number of nitrogens with zero attached hydrogens (tertiary/aromatic N) is 4. The van der Waals surface area contributed by atoms with E-state index in [-0.39, 0.29) is 5.88 Å². The first-order valence-electron chi connectivity index (χ1n) is 6.47. The van der Waals surface area contributed by atoms with E-state index in [9.17, 15) is 13.2 Å². The van der Waals surface area contributed by atoms with Gasteiger partial charge in [0.15, 0.2) is 0 Å². The van der Waals surface area contributed by atoms with Crippen LogP contribution in [-0.4, -0.2) is 19.9 Å². The zero-order valence-electron chi connectivity index (χ0n) is 11.5. The van der Waals surface area contributed by atoms with Crippen molar-refractivity contribution in [2.24, 2.45) is 0 Å². The molecule has 0 N–H and O–H groups in total. The van der Waals surface area contributed by atoms with Gasteiger partial charge in [-0.15, -0.1) is 0 Å². The van der Waals surface area contributed by atoms with Gasteiger partial charge in [-0.05, 0) is 30.3 Å². The molecule has 2 aromatic heterocycles. The van der Waals surface area contributed by atoms with Crippen molar-refractivity contribution in [2.45, 2.75) is 6.18 Å². The number of hydrogen-bond acceptors (Lipinski definition) is 5. The summed E-state index contributed by atoms with van der Waals surface area (Å²) in [6.45, 7) is 0. The Hall–Kier alpha value is -3.03. The van der Waals surface area contributed by atoms with Gasteiger partial charge in [0.1, 0.15) is 12.1 Å². The molecule has 3 aromatic rings. The van der Waals surface area contributed by atoms with Crippen LogP contribution in [0.25, 0.3) is 11.3 Å². The largest absolute Gasteiger partial charge is 0.451 e. The highest BCUT2D eigenvalue weighted by Crippen LogP contribution is 2.28. The van der Waals surface area contributed by atoms with Gasteiger partial charge in [-0.1, -0.05) is 0 Å². The number of aromatic nitrogens is 4. The average molecular weight is 318 g/mol. The third kappa shape index (κ3) is 3.60. The lowest BCUT2D eigenvalue weighted by Gasteiger charge is -2.08. The second-order valence-electron chi connectivity index (χ2n) is 4.44. The van der Waals surface area contributed by atoms with E-state index in [1.54, 1.807) is 36.5 Å². The summed E-state index contributed by atoms with van der Waals surface area (Å²) < 4.78 is 43.0. The summed E-state index contributed by atoms with van der Waals surface area (Å²) in [5.41, 5.74) is 1.56. The molecule has 0 unspecified atom stereocenters. The van der Waals surface area contributed by atoms with E-state index in [2.05, 4.69) is 19.9 Å². The van der Waals surface area contributed by atoms with Crippen LogP contribution in [0.3, 0.4) is 0 Å². The van der Waals surface area contributed by atoms with Crippen LogP contribution >= 0.6 is 0 Å². The minimum Gasteiger partial charge on any atom is -0.439 e. The lowest BCUT2D eigenvalue weighted by molar-refractivity contribution is -0.145. The van der Waals surface area contributed by atoms with Crippen molar-refractivity contribution in [2.75, 3.05) is 0 Å². The summed E-state index contributed by atoms with van der Waals surface area (Å²) in [7, 11) is 0. The SMILES string of the molecule is FC(F)(F)c1nccc(Oc2ccc(-c3ccncn3)cc2)n1. The highest BCUT2D eigenvalue weighted by molar-refractivity contribution is 5.59. The first kappa shape index (κ1) is 14.9. The van der Waals surface area contributed by atoms with Gasteiger partial charge in [0.05, 0.1) is 5.69 Å². The molecule has 2 heterocycles. The zero-order valence-corrected chi connectivity index (χ0v) is 11.5. The van der Waals surface area contributed by atoms with Gasteiger partial charge < -0.3 is 4.74 Å². The van der Waals surface area contributed by atoms with E-state index >= 15 is 0 Å². The van der Waals surface area contributed by atoms with Crippen LogP contribution < -0.4 is 4.74 Å². The van der Waals surface area contributed by atoms with Crippen molar-refractivity contribution in [3.63, 3.8) is 0 Å². The van der Waals surface area contributed by atoms with Crippen molar-refractivity contribution in [1.82, 2.24) is 19.9 Å². The molecule has 0 aliphatic carbocycles. The molecule has 0 spiro atoms. The molecule has 0 aliphatic rings. The fourth-order valence-electron chi connectivity index (χ4n) is 1.81. The van der Waals surface area contributed by atoms with Gasteiger partial charge in [0.25, 0.3) is 0 Å². The molecule has 0 fully saturated rings. The summed E-state index contributed by atoms with van der Waals surface area (Å²) >= 11 is 0. The Labute approximate surface area is 128 Å². The summed E-state index contributed by atoms with van der Waals surface area (Å²) in [5.74, 6) is -1.07. The molecule has 3 rings (SSSR count). The van der Waals surface area contributed by atoms with Crippen LogP contribution in [0.15, 0.2) is 55.1 Å². The second-order valence-corrected chi connectivity index (χ2v) is 4.44. The monoisotopic (exact) mass is 318 g/mol. The van der Waals surface area contributed by atoms with E-state index in [0.29, 0.717) is 5.75 Å². The zero-order chi connectivity index (χ0) is 16.3. The van der Waals surface area contributed by atoms with Gasteiger partial charge in [-0.25, -0.2) is 15.0 Å². The molecule has 0 atom stereocenters. The van der Waals surface area contributed by atoms with Gasteiger partial charge in [-0.3, -0.25) is 0 Å². The Kier molecular flexibility index (Phi) is 3.88. The van der Waals surface area contributed by atoms with Crippen molar-refractivity contribution in [3.8, 4) is 22.9 Å². The van der Waals surface area contributed by atoms with E-state index in [1.807, 2.05) is 0 Å². The normalized spacial score (nSPS) is 11.3. The number of halogens is 3. The van der Waals surface area contributed by atoms with Crippen molar-refractivity contribution >= 4 is 0 Å². The molecule has 0 amide bonds. The molecule has 1 aromatic carbocycles. The fourth-order valence-corrected chi connectivity index (χ4v) is 1.81. The Morgan fingerprint density at radius 2 is 1.65 bits per heavy atom. The molecule has 0 radical (unpaired) electrons. The number of ether oxygens (including phenoxy) is 1. The third-order valence-electron chi connectivity index (χ3n) is 2.84. The first-order valence-corrected chi connectivity index (χ1v) is 6.47. The fraction of sp³-hybridized carbons (Fsp3) is 0.0667. The van der Waals surface area contributed by atoms with Crippen LogP contribution in [0.1, 0.15) is 5.82 Å². The predicted molar refractivity (Wildman–Crippen MR) is 74.6 cm³/mol. The maximum Gasteiger partial charge on any atom is 0.451 e. The first-order chi connectivity index (χ1) is 11.0. The molecule has 116 valence electrons. The van der Waals surface area contributed by atoms with Gasteiger partial charge in [0.2, 0.25) is 11.7 Å². The molecule has 0 saturated heterocycles. The van der Waals surface area contributed by atoms with Gasteiger partial charge >= 0.3 is 6.18 Å². The highest BCUT2D eigenvalue weighted by atomic mass is 19.4. The molecular formula is C15H9F3N4O. The number of alkyl halides is 3. The van der Waals surface area contributed by atoms with E-state index in [4.69, 9.17) is 4.74 Å². The van der Waals surface area contributed by atoms with Crippen molar-refractivity contribution in [3.05, 3.63) is 60.9 Å². The lowest BCUT2D eigenvalue weighted by atomic mass is 10.1. The molecule has 8 heteroatoms. The molecule has 0 saturated carbocycles. The number of benzene rings is 1. The van der Waals surface area contributed by atoms with Crippen molar-refractivity contribution < 1.29 is 17.9 Å². The average Bonchev–Trinajstić information content (AvgIpc) is 2.56. The topological polar surface area (TPSA) is 60.8 Å². The number of rotatable bonds is 3. The molecular weight excluding hydrogens is 309 g/mol. The Balaban J connectivity index is 1.79. The van der Waals surface area contributed by atoms with Crippen LogP contribution in [0, 0.1) is 0 Å². The maximum atomic E-state index is 12.6. The second kappa shape index (κ2) is 5.99. The quantitative estimate of drug-likeness (QED) is 0.736. The van der Waals surface area contributed by atoms with Crippen LogP contribution in [-0.2, 0) is 6.18 Å². The smallest absolute Gasteiger partial charge is 0.439 e. The van der Waals surface area contributed by atoms with Crippen LogP contribution in [0.5, 0.6) is 11.6 Å². The Bertz CT molecular complexity index is 792. The van der Waals surface area contributed by atoms with Gasteiger partial charge in [-0.2, -0.15) is 18.2 Å². The minimum atomic E-state index is -4.61.